The maximum absolute atomic E-state index is 6.25. The predicted molar refractivity (Wildman–Crippen MR) is 104 cm³/mol. The van der Waals surface area contributed by atoms with Gasteiger partial charge in [0.25, 0.3) is 0 Å². The van der Waals surface area contributed by atoms with Crippen LogP contribution in [0.15, 0.2) is 42.5 Å². The summed E-state index contributed by atoms with van der Waals surface area (Å²) in [5, 5.41) is 0. The number of ether oxygens (including phenoxy) is 1. The molecule has 0 bridgehead atoms. The first kappa shape index (κ1) is 18.6. The van der Waals surface area contributed by atoms with Gasteiger partial charge >= 0.3 is 0 Å². The highest BCUT2D eigenvalue weighted by atomic mass is 16.5. The van der Waals surface area contributed by atoms with Gasteiger partial charge in [-0.2, -0.15) is 0 Å². The topological polar surface area (TPSA) is 9.23 Å². The number of benzene rings is 2. The highest BCUT2D eigenvalue weighted by Gasteiger charge is 2.26. The Morgan fingerprint density at radius 3 is 1.92 bits per heavy atom. The summed E-state index contributed by atoms with van der Waals surface area (Å²) in [7, 11) is 0. The van der Waals surface area contributed by atoms with E-state index in [-0.39, 0.29) is 10.8 Å². The zero-order valence-corrected chi connectivity index (χ0v) is 16.4. The molecule has 1 nitrogen and oxygen atoms in total. The van der Waals surface area contributed by atoms with Gasteiger partial charge in [-0.25, -0.2) is 0 Å². The van der Waals surface area contributed by atoms with E-state index in [1.54, 1.807) is 0 Å². The second kappa shape index (κ2) is 7.01. The van der Waals surface area contributed by atoms with Crippen LogP contribution in [0.25, 0.3) is 0 Å². The lowest BCUT2D eigenvalue weighted by Gasteiger charge is -2.30. The number of rotatable bonds is 6. The van der Waals surface area contributed by atoms with E-state index in [0.29, 0.717) is 0 Å². The molecular formula is C23H32O. The minimum Gasteiger partial charge on any atom is -0.457 e. The molecule has 0 N–H and O–H groups in total. The van der Waals surface area contributed by atoms with Gasteiger partial charge in [0.2, 0.25) is 0 Å². The average molecular weight is 325 g/mol. The van der Waals surface area contributed by atoms with Crippen LogP contribution in [0.3, 0.4) is 0 Å². The quantitative estimate of drug-likeness (QED) is 0.547. The molecule has 130 valence electrons. The van der Waals surface area contributed by atoms with Gasteiger partial charge in [-0.1, -0.05) is 71.4 Å². The minimum atomic E-state index is 0.0832. The molecule has 0 amide bonds. The Bertz CT molecular complexity index is 678. The molecule has 24 heavy (non-hydrogen) atoms. The van der Waals surface area contributed by atoms with Gasteiger partial charge in [-0.3, -0.25) is 0 Å². The Morgan fingerprint density at radius 2 is 1.38 bits per heavy atom. The third-order valence-electron chi connectivity index (χ3n) is 5.51. The molecule has 0 saturated heterocycles. The van der Waals surface area contributed by atoms with Gasteiger partial charge in [0.05, 0.1) is 0 Å². The van der Waals surface area contributed by atoms with Crippen molar-refractivity contribution in [1.29, 1.82) is 0 Å². The summed E-state index contributed by atoms with van der Waals surface area (Å²) < 4.78 is 6.25. The van der Waals surface area contributed by atoms with Crippen molar-refractivity contribution in [3.63, 3.8) is 0 Å². The SMILES string of the molecule is CCC(C)(C)c1ccc(Oc2ccc(C)cc2)c(C(C)(C)CC)c1. The average Bonchev–Trinajstić information content (AvgIpc) is 2.57. The standard InChI is InChI=1S/C23H32O/c1-8-22(4,5)18-12-15-21(20(16-18)23(6,7)9-2)24-19-13-10-17(3)11-14-19/h10-16H,8-9H2,1-7H3. The van der Waals surface area contributed by atoms with Gasteiger partial charge in [0, 0.05) is 5.56 Å². The summed E-state index contributed by atoms with van der Waals surface area (Å²) in [5.41, 5.74) is 4.19. The Labute approximate surface area is 148 Å². The lowest BCUT2D eigenvalue weighted by Crippen LogP contribution is -2.20. The monoisotopic (exact) mass is 324 g/mol. The first-order valence-electron chi connectivity index (χ1n) is 9.09. The van der Waals surface area contributed by atoms with Crippen LogP contribution in [0.2, 0.25) is 0 Å². The molecule has 0 radical (unpaired) electrons. The minimum absolute atomic E-state index is 0.0832. The summed E-state index contributed by atoms with van der Waals surface area (Å²) in [5.74, 6) is 1.87. The second-order valence-corrected chi connectivity index (χ2v) is 8.10. The fraction of sp³-hybridized carbons (Fsp3) is 0.478. The Balaban J connectivity index is 2.48. The molecule has 0 aliphatic heterocycles. The fourth-order valence-corrected chi connectivity index (χ4v) is 2.70. The van der Waals surface area contributed by atoms with E-state index in [1.807, 2.05) is 12.1 Å². The lowest BCUT2D eigenvalue weighted by atomic mass is 9.76. The zero-order valence-electron chi connectivity index (χ0n) is 16.4. The summed E-state index contributed by atoms with van der Waals surface area (Å²) in [6.45, 7) is 15.8. The summed E-state index contributed by atoms with van der Waals surface area (Å²) in [6.07, 6.45) is 2.20. The molecule has 0 unspecified atom stereocenters. The van der Waals surface area contributed by atoms with Crippen LogP contribution < -0.4 is 4.74 Å². The van der Waals surface area contributed by atoms with Crippen molar-refractivity contribution in [2.45, 2.75) is 72.1 Å². The summed E-state index contributed by atoms with van der Waals surface area (Å²) in [4.78, 5) is 0. The maximum atomic E-state index is 6.25. The van der Waals surface area contributed by atoms with Crippen LogP contribution in [0.5, 0.6) is 11.5 Å². The molecule has 0 heterocycles. The second-order valence-electron chi connectivity index (χ2n) is 8.10. The van der Waals surface area contributed by atoms with E-state index in [1.165, 1.54) is 16.7 Å². The van der Waals surface area contributed by atoms with Crippen molar-refractivity contribution in [2.75, 3.05) is 0 Å². The molecule has 2 aromatic rings. The first-order valence-corrected chi connectivity index (χ1v) is 9.09. The van der Waals surface area contributed by atoms with Crippen molar-refractivity contribution < 1.29 is 4.74 Å². The first-order chi connectivity index (χ1) is 11.2. The predicted octanol–water partition coefficient (Wildman–Crippen LogP) is 7.16. The Kier molecular flexibility index (Phi) is 5.42. The highest BCUT2D eigenvalue weighted by Crippen LogP contribution is 2.40. The van der Waals surface area contributed by atoms with E-state index in [0.717, 1.165) is 24.3 Å². The van der Waals surface area contributed by atoms with Crippen LogP contribution >= 0.6 is 0 Å². The van der Waals surface area contributed by atoms with Gasteiger partial charge in [-0.05, 0) is 54.4 Å². The molecular weight excluding hydrogens is 292 g/mol. The molecule has 0 aliphatic carbocycles. The molecule has 0 saturated carbocycles. The third-order valence-corrected chi connectivity index (χ3v) is 5.51. The molecule has 0 fully saturated rings. The Morgan fingerprint density at radius 1 is 0.792 bits per heavy atom. The van der Waals surface area contributed by atoms with E-state index in [2.05, 4.69) is 78.8 Å². The molecule has 0 spiro atoms. The molecule has 2 rings (SSSR count). The van der Waals surface area contributed by atoms with Gasteiger partial charge in [0.15, 0.2) is 0 Å². The van der Waals surface area contributed by atoms with Crippen molar-refractivity contribution in [1.82, 2.24) is 0 Å². The van der Waals surface area contributed by atoms with Crippen molar-refractivity contribution in [3.8, 4) is 11.5 Å². The van der Waals surface area contributed by atoms with Crippen LogP contribution in [0.4, 0.5) is 0 Å². The van der Waals surface area contributed by atoms with Crippen LogP contribution in [-0.4, -0.2) is 0 Å². The van der Waals surface area contributed by atoms with E-state index in [4.69, 9.17) is 4.74 Å². The lowest BCUT2D eigenvalue weighted by molar-refractivity contribution is 0.432. The van der Waals surface area contributed by atoms with Gasteiger partial charge in [-0.15, -0.1) is 0 Å². The van der Waals surface area contributed by atoms with Gasteiger partial charge < -0.3 is 4.74 Å². The number of aryl methyl sites for hydroxylation is 1. The highest BCUT2D eigenvalue weighted by molar-refractivity contribution is 5.46. The molecule has 0 aromatic heterocycles. The normalized spacial score (nSPS) is 12.3. The summed E-state index contributed by atoms with van der Waals surface area (Å²) >= 11 is 0. The zero-order chi connectivity index (χ0) is 18.0. The van der Waals surface area contributed by atoms with Crippen LogP contribution in [0, 0.1) is 6.92 Å². The smallest absolute Gasteiger partial charge is 0.131 e. The van der Waals surface area contributed by atoms with E-state index >= 15 is 0 Å². The number of hydrogen-bond acceptors (Lipinski definition) is 1. The Hall–Kier alpha value is -1.76. The van der Waals surface area contributed by atoms with Crippen LogP contribution in [-0.2, 0) is 10.8 Å². The molecule has 0 atom stereocenters. The fourth-order valence-electron chi connectivity index (χ4n) is 2.70. The summed E-state index contributed by atoms with van der Waals surface area (Å²) in [6, 6.07) is 15.0. The molecule has 0 aliphatic rings. The third kappa shape index (κ3) is 4.01. The molecule has 2 aromatic carbocycles. The largest absolute Gasteiger partial charge is 0.457 e. The van der Waals surface area contributed by atoms with E-state index in [9.17, 15) is 0 Å². The molecule has 1 heteroatoms. The van der Waals surface area contributed by atoms with Gasteiger partial charge in [0.1, 0.15) is 11.5 Å². The van der Waals surface area contributed by atoms with Crippen LogP contribution in [0.1, 0.15) is 71.1 Å². The van der Waals surface area contributed by atoms with E-state index < -0.39 is 0 Å². The van der Waals surface area contributed by atoms with Crippen molar-refractivity contribution in [3.05, 3.63) is 59.2 Å². The van der Waals surface area contributed by atoms with Crippen molar-refractivity contribution >= 4 is 0 Å². The maximum Gasteiger partial charge on any atom is 0.131 e. The van der Waals surface area contributed by atoms with Crippen molar-refractivity contribution in [2.24, 2.45) is 0 Å². The number of hydrogen-bond donors (Lipinski definition) is 0.